The number of halogens is 2. The summed E-state index contributed by atoms with van der Waals surface area (Å²) < 4.78 is 1.51. The number of hydrogen-bond donors (Lipinski definition) is 0. The van der Waals surface area contributed by atoms with Gasteiger partial charge in [0, 0.05) is 0 Å². The van der Waals surface area contributed by atoms with Gasteiger partial charge in [-0.3, -0.25) is 6.08 Å². The van der Waals surface area contributed by atoms with Crippen LogP contribution < -0.4 is 24.8 Å². The number of benzene rings is 2. The maximum absolute atomic E-state index is 3.30. The first-order valence-corrected chi connectivity index (χ1v) is 9.14. The van der Waals surface area contributed by atoms with Crippen LogP contribution in [-0.4, -0.2) is 3.21 Å². The fourth-order valence-electron chi connectivity index (χ4n) is 2.50. The maximum Gasteiger partial charge on any atom is -0.0253 e. The molecule has 0 spiro atoms. The van der Waals surface area contributed by atoms with Gasteiger partial charge in [0.2, 0.25) is 0 Å². The molecule has 0 N–H and O–H groups in total. The van der Waals surface area contributed by atoms with E-state index in [0.29, 0.717) is 0 Å². The van der Waals surface area contributed by atoms with Crippen LogP contribution in [0.15, 0.2) is 60.2 Å². The molecule has 0 saturated carbocycles. The van der Waals surface area contributed by atoms with Crippen molar-refractivity contribution < 1.29 is 49.0 Å². The molecule has 0 aliphatic heterocycles. The summed E-state index contributed by atoms with van der Waals surface area (Å²) in [4.78, 5) is 0. The van der Waals surface area contributed by atoms with Crippen LogP contribution in [0, 0.1) is 12.1 Å². The Labute approximate surface area is 179 Å². The molecule has 0 radical (unpaired) electrons. The van der Waals surface area contributed by atoms with Gasteiger partial charge in [0.25, 0.3) is 0 Å². The molecular weight excluding hydrogens is 426 g/mol. The second-order valence-corrected chi connectivity index (χ2v) is 8.36. The zero-order valence-electron chi connectivity index (χ0n) is 14.9. The van der Waals surface area contributed by atoms with Gasteiger partial charge in [-0.15, -0.1) is 18.9 Å². The topological polar surface area (TPSA) is 0 Å². The zero-order valence-corrected chi connectivity index (χ0v) is 18.8. The van der Waals surface area contributed by atoms with E-state index in [4.69, 9.17) is 0 Å². The molecule has 0 unspecified atom stereocenters. The Hall–Kier alpha value is -0.747. The quantitative estimate of drug-likeness (QED) is 0.407. The SMILES string of the molecule is CC1=CC[C-]=C1.C[C](C)=[Zr+2].[Cl-].[Cl-].[c-]1cccc2c1Cc1ccccc1-2. The third kappa shape index (κ3) is 7.99. The molecule has 2 aromatic carbocycles. The Kier molecular flexibility index (Phi) is 12.2. The van der Waals surface area contributed by atoms with Gasteiger partial charge < -0.3 is 24.8 Å². The van der Waals surface area contributed by atoms with Gasteiger partial charge in [-0.1, -0.05) is 35.4 Å². The van der Waals surface area contributed by atoms with Crippen molar-refractivity contribution >= 4 is 3.21 Å². The summed E-state index contributed by atoms with van der Waals surface area (Å²) in [6.07, 6.45) is 9.29. The smallest absolute Gasteiger partial charge is 0.0253 e. The molecule has 2 aliphatic rings. The molecule has 0 fully saturated rings. The van der Waals surface area contributed by atoms with Crippen molar-refractivity contribution in [3.05, 3.63) is 83.5 Å². The maximum atomic E-state index is 3.30. The molecule has 0 aromatic heterocycles. The van der Waals surface area contributed by atoms with E-state index in [9.17, 15) is 0 Å². The third-order valence-electron chi connectivity index (χ3n) is 3.49. The molecule has 0 nitrogen and oxygen atoms in total. The molecule has 0 amide bonds. The molecule has 2 aliphatic carbocycles. The Bertz CT molecular complexity index is 695. The second kappa shape index (κ2) is 12.6. The Morgan fingerprint density at radius 2 is 1.64 bits per heavy atom. The van der Waals surface area contributed by atoms with E-state index in [1.807, 2.05) is 12.1 Å². The van der Waals surface area contributed by atoms with Crippen LogP contribution in [0.3, 0.4) is 0 Å². The van der Waals surface area contributed by atoms with Crippen LogP contribution in [0.2, 0.25) is 0 Å². The van der Waals surface area contributed by atoms with Crippen LogP contribution in [0.1, 0.15) is 38.3 Å². The monoisotopic (exact) mass is 446 g/mol. The molecule has 0 saturated heterocycles. The normalized spacial score (nSPS) is 12.0. The summed E-state index contributed by atoms with van der Waals surface area (Å²) in [5.41, 5.74) is 6.85. The van der Waals surface area contributed by atoms with Crippen LogP contribution in [0.25, 0.3) is 11.1 Å². The fraction of sp³-hybridized carbons (Fsp3) is 0.227. The Balaban J connectivity index is 0.000000410. The second-order valence-electron chi connectivity index (χ2n) is 5.90. The summed E-state index contributed by atoms with van der Waals surface area (Å²) >= 11 is 1.55. The first-order valence-electron chi connectivity index (χ1n) is 7.91. The third-order valence-corrected chi connectivity index (χ3v) is 3.49. The average Bonchev–Trinajstić information content (AvgIpc) is 3.13. The molecule has 0 atom stereocenters. The van der Waals surface area contributed by atoms with Crippen molar-refractivity contribution in [3.8, 4) is 11.1 Å². The number of hydrogen-bond acceptors (Lipinski definition) is 0. The molecular formula is C22H22Cl2Zr-2. The van der Waals surface area contributed by atoms with Gasteiger partial charge in [0.15, 0.2) is 0 Å². The summed E-state index contributed by atoms with van der Waals surface area (Å²) in [5, 5.41) is 0. The van der Waals surface area contributed by atoms with E-state index in [-0.39, 0.29) is 24.8 Å². The molecule has 3 heteroatoms. The molecule has 2 aromatic rings. The summed E-state index contributed by atoms with van der Waals surface area (Å²) in [6.45, 7) is 6.33. The molecule has 0 heterocycles. The first kappa shape index (κ1) is 24.3. The van der Waals surface area contributed by atoms with Crippen LogP contribution >= 0.6 is 0 Å². The number of rotatable bonds is 0. The van der Waals surface area contributed by atoms with Crippen LogP contribution in [0.4, 0.5) is 0 Å². The van der Waals surface area contributed by atoms with Crippen molar-refractivity contribution in [1.82, 2.24) is 0 Å². The van der Waals surface area contributed by atoms with E-state index in [0.717, 1.165) is 12.8 Å². The van der Waals surface area contributed by atoms with E-state index >= 15 is 0 Å². The van der Waals surface area contributed by atoms with Crippen molar-refractivity contribution in [1.29, 1.82) is 0 Å². The minimum absolute atomic E-state index is 0. The van der Waals surface area contributed by atoms with Crippen molar-refractivity contribution in [2.45, 2.75) is 33.6 Å². The number of fused-ring (bicyclic) bond motifs is 3. The Morgan fingerprint density at radius 3 is 2.20 bits per heavy atom. The van der Waals surface area contributed by atoms with Crippen LogP contribution in [-0.2, 0) is 30.7 Å². The molecule has 0 bridgehead atoms. The molecule has 130 valence electrons. The van der Waals surface area contributed by atoms with Gasteiger partial charge in [0.1, 0.15) is 0 Å². The summed E-state index contributed by atoms with van der Waals surface area (Å²) in [7, 11) is 0. The van der Waals surface area contributed by atoms with Gasteiger partial charge in [-0.2, -0.15) is 35.9 Å². The van der Waals surface area contributed by atoms with E-state index in [1.54, 1.807) is 24.2 Å². The van der Waals surface area contributed by atoms with Crippen molar-refractivity contribution in [3.63, 3.8) is 0 Å². The predicted octanol–water partition coefficient (Wildman–Crippen LogP) is -0.493. The van der Waals surface area contributed by atoms with Gasteiger partial charge in [-0.05, 0) is 6.42 Å². The standard InChI is InChI=1S/C13H9.C6H7.C3H6.2ClH.Zr/c1-3-7-12-10(5-1)9-11-6-2-4-8-13(11)12;1-6-4-2-3-5-6;1-3-2;;;/h1-5,7-8H,9H2;4-5H,2H2,1H3;1-2H3;2*1H;/q2*-1;;;;+2/p-2. The first-order chi connectivity index (χ1) is 11.1. The average molecular weight is 449 g/mol. The van der Waals surface area contributed by atoms with Crippen LogP contribution in [0.5, 0.6) is 0 Å². The molecule has 4 rings (SSSR count). The summed E-state index contributed by atoms with van der Waals surface area (Å²) in [5.74, 6) is 0. The minimum Gasteiger partial charge on any atom is -1.00 e. The minimum atomic E-state index is 0. The van der Waals surface area contributed by atoms with Gasteiger partial charge in [-0.25, -0.2) is 11.6 Å². The van der Waals surface area contributed by atoms with E-state index in [1.165, 1.54) is 31.0 Å². The molecule has 25 heavy (non-hydrogen) atoms. The van der Waals surface area contributed by atoms with Crippen molar-refractivity contribution in [2.24, 2.45) is 0 Å². The Morgan fingerprint density at radius 1 is 1.00 bits per heavy atom. The van der Waals surface area contributed by atoms with Crippen molar-refractivity contribution in [2.75, 3.05) is 0 Å². The van der Waals surface area contributed by atoms with E-state index in [2.05, 4.69) is 75.4 Å². The zero-order chi connectivity index (χ0) is 16.7. The van der Waals surface area contributed by atoms with E-state index < -0.39 is 0 Å². The predicted molar refractivity (Wildman–Crippen MR) is 96.1 cm³/mol. The fourth-order valence-corrected chi connectivity index (χ4v) is 2.50. The van der Waals surface area contributed by atoms with Gasteiger partial charge >= 0.3 is 41.3 Å². The largest absolute Gasteiger partial charge is 1.00 e. The van der Waals surface area contributed by atoms with Gasteiger partial charge in [0.05, 0.1) is 0 Å². The number of allylic oxidation sites excluding steroid dienone is 4. The summed E-state index contributed by atoms with van der Waals surface area (Å²) in [6, 6.07) is 18.1.